The molecular weight excluding hydrogens is 356 g/mol. The van der Waals surface area contributed by atoms with E-state index in [4.69, 9.17) is 14.7 Å². The van der Waals surface area contributed by atoms with Crippen molar-refractivity contribution >= 4 is 11.7 Å². The third-order valence-corrected chi connectivity index (χ3v) is 4.71. The summed E-state index contributed by atoms with van der Waals surface area (Å²) >= 11 is 0. The van der Waals surface area contributed by atoms with E-state index in [2.05, 4.69) is 21.3 Å². The summed E-state index contributed by atoms with van der Waals surface area (Å²) < 4.78 is 10.8. The SMILES string of the molecule is COc1ccccc1OCC(=O)NCC1CCCN(c2cccc(C#N)n2)C1. The highest BCUT2D eigenvalue weighted by molar-refractivity contribution is 5.77. The molecule has 1 aromatic carbocycles. The van der Waals surface area contributed by atoms with E-state index in [9.17, 15) is 4.79 Å². The number of ether oxygens (including phenoxy) is 2. The average Bonchev–Trinajstić information content (AvgIpc) is 2.76. The van der Waals surface area contributed by atoms with Crippen molar-refractivity contribution in [2.24, 2.45) is 5.92 Å². The third-order valence-electron chi connectivity index (χ3n) is 4.71. The monoisotopic (exact) mass is 380 g/mol. The number of piperidine rings is 1. The van der Waals surface area contributed by atoms with E-state index in [0.29, 0.717) is 29.7 Å². The molecule has 0 saturated carbocycles. The zero-order chi connectivity index (χ0) is 19.8. The molecule has 2 aromatic rings. The molecule has 28 heavy (non-hydrogen) atoms. The van der Waals surface area contributed by atoms with E-state index in [1.54, 1.807) is 25.3 Å². The maximum Gasteiger partial charge on any atom is 0.257 e. The lowest BCUT2D eigenvalue weighted by atomic mass is 9.98. The van der Waals surface area contributed by atoms with Crippen LogP contribution in [0.15, 0.2) is 42.5 Å². The van der Waals surface area contributed by atoms with E-state index < -0.39 is 0 Å². The van der Waals surface area contributed by atoms with Crippen LogP contribution >= 0.6 is 0 Å². The van der Waals surface area contributed by atoms with Gasteiger partial charge in [0.2, 0.25) is 0 Å². The van der Waals surface area contributed by atoms with Gasteiger partial charge < -0.3 is 19.7 Å². The van der Waals surface area contributed by atoms with Crippen LogP contribution in [0.4, 0.5) is 5.82 Å². The summed E-state index contributed by atoms with van der Waals surface area (Å²) in [6, 6.07) is 14.8. The van der Waals surface area contributed by atoms with Gasteiger partial charge >= 0.3 is 0 Å². The largest absolute Gasteiger partial charge is 0.493 e. The van der Waals surface area contributed by atoms with E-state index in [0.717, 1.165) is 31.7 Å². The van der Waals surface area contributed by atoms with Crippen LogP contribution in [0.2, 0.25) is 0 Å². The van der Waals surface area contributed by atoms with Gasteiger partial charge in [-0.05, 0) is 43.0 Å². The number of anilines is 1. The molecule has 3 rings (SSSR count). The van der Waals surface area contributed by atoms with Gasteiger partial charge in [0.05, 0.1) is 7.11 Å². The minimum absolute atomic E-state index is 0.0530. The van der Waals surface area contributed by atoms with Crippen LogP contribution in [0.25, 0.3) is 0 Å². The molecule has 0 bridgehead atoms. The van der Waals surface area contributed by atoms with Gasteiger partial charge in [0.1, 0.15) is 17.6 Å². The van der Waals surface area contributed by atoms with Crippen LogP contribution in [0.5, 0.6) is 11.5 Å². The van der Waals surface area contributed by atoms with Crippen LogP contribution in [0, 0.1) is 17.2 Å². The van der Waals surface area contributed by atoms with Gasteiger partial charge in [-0.2, -0.15) is 5.26 Å². The topological polar surface area (TPSA) is 87.5 Å². The van der Waals surface area contributed by atoms with Gasteiger partial charge in [0.25, 0.3) is 5.91 Å². The predicted molar refractivity (Wildman–Crippen MR) is 105 cm³/mol. The first-order chi connectivity index (χ1) is 13.7. The number of nitrogens with zero attached hydrogens (tertiary/aromatic N) is 3. The fourth-order valence-electron chi connectivity index (χ4n) is 3.29. The Hall–Kier alpha value is -3.27. The van der Waals surface area contributed by atoms with Gasteiger partial charge in [-0.3, -0.25) is 4.79 Å². The number of pyridine rings is 1. The number of hydrogen-bond acceptors (Lipinski definition) is 6. The maximum absolute atomic E-state index is 12.2. The minimum Gasteiger partial charge on any atom is -0.493 e. The Morgan fingerprint density at radius 1 is 1.29 bits per heavy atom. The first kappa shape index (κ1) is 19.5. The molecule has 2 heterocycles. The number of benzene rings is 1. The molecule has 7 nitrogen and oxygen atoms in total. The normalized spacial score (nSPS) is 16.1. The molecule has 1 unspecified atom stereocenters. The van der Waals surface area contributed by atoms with Crippen molar-refractivity contribution in [1.82, 2.24) is 10.3 Å². The standard InChI is InChI=1S/C21H24N4O3/c1-27-18-8-2-3-9-19(18)28-15-21(26)23-13-16-6-5-11-25(14-16)20-10-4-7-17(12-22)24-20/h2-4,7-10,16H,5-6,11,13-15H2,1H3,(H,23,26). The molecule has 1 N–H and O–H groups in total. The van der Waals surface area contributed by atoms with E-state index in [-0.39, 0.29) is 12.5 Å². The first-order valence-electron chi connectivity index (χ1n) is 9.34. The molecule has 146 valence electrons. The number of amides is 1. The molecule has 1 aliphatic rings. The molecule has 1 aliphatic heterocycles. The van der Waals surface area contributed by atoms with E-state index in [1.807, 2.05) is 24.3 Å². The number of methoxy groups -OCH3 is 1. The van der Waals surface area contributed by atoms with Gasteiger partial charge in [0.15, 0.2) is 18.1 Å². The number of nitriles is 1. The average molecular weight is 380 g/mol. The first-order valence-corrected chi connectivity index (χ1v) is 9.34. The summed E-state index contributed by atoms with van der Waals surface area (Å²) in [4.78, 5) is 18.7. The molecule has 7 heteroatoms. The third kappa shape index (κ3) is 5.13. The van der Waals surface area contributed by atoms with Gasteiger partial charge in [0, 0.05) is 19.6 Å². The molecule has 1 aromatic heterocycles. The van der Waals surface area contributed by atoms with E-state index in [1.165, 1.54) is 0 Å². The van der Waals surface area contributed by atoms with Crippen LogP contribution in [0.1, 0.15) is 18.5 Å². The number of hydrogen-bond donors (Lipinski definition) is 1. The molecule has 1 amide bonds. The summed E-state index contributed by atoms with van der Waals surface area (Å²) in [5.41, 5.74) is 0.418. The summed E-state index contributed by atoms with van der Waals surface area (Å²) in [6.07, 6.45) is 2.07. The second-order valence-corrected chi connectivity index (χ2v) is 6.69. The Bertz CT molecular complexity index is 850. The Balaban J connectivity index is 1.47. The second kappa shape index (κ2) is 9.60. The highest BCUT2D eigenvalue weighted by Crippen LogP contribution is 2.25. The Labute approximate surface area is 164 Å². The molecule has 1 atom stereocenters. The fourth-order valence-corrected chi connectivity index (χ4v) is 3.29. The summed E-state index contributed by atoms with van der Waals surface area (Å²) in [7, 11) is 1.57. The van der Waals surface area contributed by atoms with Crippen molar-refractivity contribution < 1.29 is 14.3 Å². The number of carbonyl (C=O) groups is 1. The van der Waals surface area contributed by atoms with Crippen LogP contribution in [-0.2, 0) is 4.79 Å². The Morgan fingerprint density at radius 3 is 2.89 bits per heavy atom. The van der Waals surface area contributed by atoms with Crippen LogP contribution in [0.3, 0.4) is 0 Å². The molecule has 0 spiro atoms. The van der Waals surface area contributed by atoms with Crippen molar-refractivity contribution in [3.8, 4) is 17.6 Å². The van der Waals surface area contributed by atoms with E-state index >= 15 is 0 Å². The predicted octanol–water partition coefficient (Wildman–Crippen LogP) is 2.37. The van der Waals surface area contributed by atoms with Crippen molar-refractivity contribution in [2.45, 2.75) is 12.8 Å². The number of aromatic nitrogens is 1. The quantitative estimate of drug-likeness (QED) is 0.793. The smallest absolute Gasteiger partial charge is 0.257 e. The van der Waals surface area contributed by atoms with Crippen molar-refractivity contribution in [3.05, 3.63) is 48.2 Å². The Morgan fingerprint density at radius 2 is 2.11 bits per heavy atom. The number of nitrogens with one attached hydrogen (secondary N) is 1. The summed E-state index contributed by atoms with van der Waals surface area (Å²) in [5, 5.41) is 12.0. The number of rotatable bonds is 7. The zero-order valence-electron chi connectivity index (χ0n) is 15.9. The van der Waals surface area contributed by atoms with Gasteiger partial charge in [-0.25, -0.2) is 4.98 Å². The minimum atomic E-state index is -0.160. The maximum atomic E-state index is 12.2. The van der Waals surface area contributed by atoms with Crippen molar-refractivity contribution in [1.29, 1.82) is 5.26 Å². The van der Waals surface area contributed by atoms with Gasteiger partial charge in [-0.15, -0.1) is 0 Å². The van der Waals surface area contributed by atoms with Gasteiger partial charge in [-0.1, -0.05) is 18.2 Å². The van der Waals surface area contributed by atoms with Crippen LogP contribution < -0.4 is 19.7 Å². The lowest BCUT2D eigenvalue weighted by Gasteiger charge is -2.33. The van der Waals surface area contributed by atoms with Crippen LogP contribution in [-0.4, -0.2) is 44.2 Å². The summed E-state index contributed by atoms with van der Waals surface area (Å²) in [5.74, 6) is 2.14. The second-order valence-electron chi connectivity index (χ2n) is 6.69. The lowest BCUT2D eigenvalue weighted by molar-refractivity contribution is -0.123. The molecule has 1 saturated heterocycles. The fraction of sp³-hybridized carbons (Fsp3) is 0.381. The highest BCUT2D eigenvalue weighted by Gasteiger charge is 2.21. The molecular formula is C21H24N4O3. The lowest BCUT2D eigenvalue weighted by Crippen LogP contribution is -2.42. The molecule has 1 fully saturated rings. The highest BCUT2D eigenvalue weighted by atomic mass is 16.5. The summed E-state index contributed by atoms with van der Waals surface area (Å²) in [6.45, 7) is 2.24. The number of carbonyl (C=O) groups excluding carboxylic acids is 1. The Kier molecular flexibility index (Phi) is 6.68. The zero-order valence-corrected chi connectivity index (χ0v) is 15.9. The molecule has 0 radical (unpaired) electrons. The molecule has 0 aliphatic carbocycles. The number of para-hydroxylation sites is 2. The van der Waals surface area contributed by atoms with Crippen molar-refractivity contribution in [2.75, 3.05) is 38.3 Å². The van der Waals surface area contributed by atoms with Crippen molar-refractivity contribution in [3.63, 3.8) is 0 Å².